The molecule has 1 N–H and O–H groups in total. The van der Waals surface area contributed by atoms with Crippen LogP contribution in [-0.4, -0.2) is 66.3 Å². The van der Waals surface area contributed by atoms with E-state index in [0.29, 0.717) is 38.6 Å². The third kappa shape index (κ3) is 4.09. The third-order valence-electron chi connectivity index (χ3n) is 4.62. The first-order chi connectivity index (χ1) is 10.0. The first-order valence-corrected chi connectivity index (χ1v) is 7.82. The van der Waals surface area contributed by atoms with Crippen molar-refractivity contribution >= 4 is 12.0 Å². The number of likely N-dealkylation sites (tertiary alicyclic amines) is 1. The van der Waals surface area contributed by atoms with Crippen LogP contribution in [0.3, 0.4) is 0 Å². The fourth-order valence-corrected chi connectivity index (χ4v) is 3.03. The number of nitrogens with zero attached hydrogens (tertiary/aromatic N) is 2. The second-order valence-electron chi connectivity index (χ2n) is 6.17. The molecule has 2 fully saturated rings. The summed E-state index contributed by atoms with van der Waals surface area (Å²) in [4.78, 5) is 27.5. The van der Waals surface area contributed by atoms with Gasteiger partial charge in [-0.1, -0.05) is 0 Å². The highest BCUT2D eigenvalue weighted by Gasteiger charge is 2.37. The summed E-state index contributed by atoms with van der Waals surface area (Å²) in [6.45, 7) is 4.16. The molecule has 0 aromatic carbocycles. The molecule has 0 radical (unpaired) electrons. The van der Waals surface area contributed by atoms with Crippen molar-refractivity contribution in [2.45, 2.75) is 38.6 Å². The van der Waals surface area contributed by atoms with Crippen molar-refractivity contribution in [3.05, 3.63) is 0 Å². The van der Waals surface area contributed by atoms with Gasteiger partial charge in [0.2, 0.25) is 0 Å². The summed E-state index contributed by atoms with van der Waals surface area (Å²) in [5.74, 6) is -0.639. The predicted octanol–water partition coefficient (Wildman–Crippen LogP) is 1.65. The lowest BCUT2D eigenvalue weighted by molar-refractivity contribution is -0.143. The molecule has 1 saturated carbocycles. The number of carboxylic acids is 1. The molecule has 2 atom stereocenters. The van der Waals surface area contributed by atoms with Crippen LogP contribution in [0, 0.1) is 11.8 Å². The van der Waals surface area contributed by atoms with Crippen molar-refractivity contribution in [2.24, 2.45) is 11.8 Å². The average Bonchev–Trinajstić information content (AvgIpc) is 3.32. The SMILES string of the molecule is COCCN(C(=O)N1CCC[C@H](C(=O)O)C1)C(C)C1CC1. The molecule has 120 valence electrons. The number of urea groups is 1. The van der Waals surface area contributed by atoms with E-state index in [4.69, 9.17) is 9.84 Å². The molecule has 2 rings (SSSR count). The van der Waals surface area contributed by atoms with E-state index in [1.165, 1.54) is 12.8 Å². The van der Waals surface area contributed by atoms with Crippen LogP contribution >= 0.6 is 0 Å². The first kappa shape index (κ1) is 16.1. The lowest BCUT2D eigenvalue weighted by Gasteiger charge is -2.38. The van der Waals surface area contributed by atoms with Gasteiger partial charge in [0.15, 0.2) is 0 Å². The van der Waals surface area contributed by atoms with Gasteiger partial charge in [0.05, 0.1) is 12.5 Å². The molecule has 21 heavy (non-hydrogen) atoms. The minimum atomic E-state index is -0.800. The van der Waals surface area contributed by atoms with E-state index >= 15 is 0 Å². The largest absolute Gasteiger partial charge is 0.481 e. The quantitative estimate of drug-likeness (QED) is 0.809. The molecule has 0 bridgehead atoms. The van der Waals surface area contributed by atoms with Crippen molar-refractivity contribution < 1.29 is 19.4 Å². The summed E-state index contributed by atoms with van der Waals surface area (Å²) < 4.78 is 5.11. The van der Waals surface area contributed by atoms with Crippen molar-refractivity contribution in [3.63, 3.8) is 0 Å². The fourth-order valence-electron chi connectivity index (χ4n) is 3.03. The van der Waals surface area contributed by atoms with Crippen molar-refractivity contribution in [3.8, 4) is 0 Å². The number of carbonyl (C=O) groups excluding carboxylic acids is 1. The van der Waals surface area contributed by atoms with Crippen LogP contribution in [0.5, 0.6) is 0 Å². The van der Waals surface area contributed by atoms with E-state index < -0.39 is 11.9 Å². The monoisotopic (exact) mass is 298 g/mol. The molecular weight excluding hydrogens is 272 g/mol. The normalized spacial score (nSPS) is 23.7. The summed E-state index contributed by atoms with van der Waals surface area (Å²) in [7, 11) is 1.63. The Labute approximate surface area is 126 Å². The van der Waals surface area contributed by atoms with Gasteiger partial charge in [-0.15, -0.1) is 0 Å². The zero-order valence-electron chi connectivity index (χ0n) is 13.0. The Hall–Kier alpha value is -1.30. The maximum absolute atomic E-state index is 12.7. The van der Waals surface area contributed by atoms with Gasteiger partial charge in [0.25, 0.3) is 0 Å². The van der Waals surface area contributed by atoms with E-state index in [-0.39, 0.29) is 12.1 Å². The number of piperidine rings is 1. The Kier molecular flexibility index (Phi) is 5.45. The molecule has 6 nitrogen and oxygen atoms in total. The number of hydrogen-bond acceptors (Lipinski definition) is 3. The van der Waals surface area contributed by atoms with Crippen molar-refractivity contribution in [1.29, 1.82) is 0 Å². The Morgan fingerprint density at radius 2 is 2.10 bits per heavy atom. The number of ether oxygens (including phenoxy) is 1. The number of hydrogen-bond donors (Lipinski definition) is 1. The fraction of sp³-hybridized carbons (Fsp3) is 0.867. The molecule has 0 spiro atoms. The highest BCUT2D eigenvalue weighted by Crippen LogP contribution is 2.35. The van der Waals surface area contributed by atoms with Gasteiger partial charge in [0, 0.05) is 32.8 Å². The molecule has 1 heterocycles. The maximum atomic E-state index is 12.7. The second-order valence-corrected chi connectivity index (χ2v) is 6.17. The smallest absolute Gasteiger partial charge is 0.320 e. The van der Waals surface area contributed by atoms with Gasteiger partial charge in [0.1, 0.15) is 0 Å². The molecule has 6 heteroatoms. The molecule has 2 amide bonds. The van der Waals surface area contributed by atoms with Crippen LogP contribution < -0.4 is 0 Å². The molecule has 1 aliphatic carbocycles. The van der Waals surface area contributed by atoms with Crippen molar-refractivity contribution in [1.82, 2.24) is 9.80 Å². The van der Waals surface area contributed by atoms with Crippen LogP contribution in [-0.2, 0) is 9.53 Å². The average molecular weight is 298 g/mol. The number of carboxylic acid groups (broad SMARTS) is 1. The second kappa shape index (κ2) is 7.11. The molecule has 1 aliphatic heterocycles. The van der Waals surface area contributed by atoms with E-state index in [1.807, 2.05) is 4.90 Å². The summed E-state index contributed by atoms with van der Waals surface area (Å²) in [6.07, 6.45) is 3.78. The van der Waals surface area contributed by atoms with Crippen molar-refractivity contribution in [2.75, 3.05) is 33.4 Å². The van der Waals surface area contributed by atoms with Crippen LogP contribution in [0.2, 0.25) is 0 Å². The summed E-state index contributed by atoms with van der Waals surface area (Å²) in [6, 6.07) is 0.176. The summed E-state index contributed by atoms with van der Waals surface area (Å²) in [5, 5.41) is 9.15. The van der Waals surface area contributed by atoms with Gasteiger partial charge < -0.3 is 19.6 Å². The highest BCUT2D eigenvalue weighted by atomic mass is 16.5. The number of methoxy groups -OCH3 is 1. The van der Waals surface area contributed by atoms with Gasteiger partial charge in [-0.3, -0.25) is 4.79 Å². The highest BCUT2D eigenvalue weighted by molar-refractivity contribution is 5.77. The molecule has 2 aliphatic rings. The van der Waals surface area contributed by atoms with Gasteiger partial charge in [-0.2, -0.15) is 0 Å². The van der Waals surface area contributed by atoms with E-state index in [2.05, 4.69) is 6.92 Å². The number of amides is 2. The zero-order valence-corrected chi connectivity index (χ0v) is 13.0. The minimum Gasteiger partial charge on any atom is -0.481 e. The van der Waals surface area contributed by atoms with Crippen LogP contribution in [0.25, 0.3) is 0 Å². The number of rotatable bonds is 6. The topological polar surface area (TPSA) is 70.1 Å². The van der Waals surface area contributed by atoms with E-state index in [1.54, 1.807) is 12.0 Å². The minimum absolute atomic E-state index is 0.0302. The molecular formula is C15H26N2O4. The first-order valence-electron chi connectivity index (χ1n) is 7.82. The number of carbonyl (C=O) groups is 2. The lowest BCUT2D eigenvalue weighted by Crippen LogP contribution is -2.52. The third-order valence-corrected chi connectivity index (χ3v) is 4.62. The van der Waals surface area contributed by atoms with E-state index in [0.717, 1.165) is 6.42 Å². The van der Waals surface area contributed by atoms with Crippen LogP contribution in [0.15, 0.2) is 0 Å². The standard InChI is InChI=1S/C15H26N2O4/c1-11(12-5-6-12)17(8-9-21-2)15(20)16-7-3-4-13(10-16)14(18)19/h11-13H,3-10H2,1-2H3,(H,18,19)/t11?,13-/m0/s1. The molecule has 1 unspecified atom stereocenters. The zero-order chi connectivity index (χ0) is 15.4. The lowest BCUT2D eigenvalue weighted by atomic mass is 9.98. The summed E-state index contributed by atoms with van der Waals surface area (Å²) >= 11 is 0. The van der Waals surface area contributed by atoms with Gasteiger partial charge in [-0.25, -0.2) is 4.79 Å². The van der Waals surface area contributed by atoms with Gasteiger partial charge in [-0.05, 0) is 38.5 Å². The maximum Gasteiger partial charge on any atom is 0.320 e. The Balaban J connectivity index is 2.00. The predicted molar refractivity (Wildman–Crippen MR) is 78.1 cm³/mol. The molecule has 1 saturated heterocycles. The number of aliphatic carboxylic acids is 1. The molecule has 0 aromatic heterocycles. The van der Waals surface area contributed by atoms with Gasteiger partial charge >= 0.3 is 12.0 Å². The Morgan fingerprint density at radius 3 is 2.67 bits per heavy atom. The molecule has 0 aromatic rings. The Bertz CT molecular complexity index is 384. The summed E-state index contributed by atoms with van der Waals surface area (Å²) in [5.41, 5.74) is 0. The van der Waals surface area contributed by atoms with Crippen LogP contribution in [0.4, 0.5) is 4.79 Å². The van der Waals surface area contributed by atoms with Crippen LogP contribution in [0.1, 0.15) is 32.6 Å². The Morgan fingerprint density at radius 1 is 1.38 bits per heavy atom. The van der Waals surface area contributed by atoms with E-state index in [9.17, 15) is 9.59 Å².